The average Bonchev–Trinajstić information content (AvgIpc) is 3.55. The van der Waals surface area contributed by atoms with Gasteiger partial charge in [-0.05, 0) is 42.0 Å². The van der Waals surface area contributed by atoms with Gasteiger partial charge in [0.25, 0.3) is 5.91 Å². The van der Waals surface area contributed by atoms with Crippen LogP contribution in [0.25, 0.3) is 11.0 Å². The van der Waals surface area contributed by atoms with Crippen molar-refractivity contribution in [3.8, 4) is 5.75 Å². The van der Waals surface area contributed by atoms with Gasteiger partial charge in [-0.1, -0.05) is 29.5 Å². The van der Waals surface area contributed by atoms with E-state index in [1.165, 1.54) is 15.8 Å². The molecule has 10 heteroatoms. The number of rotatable bonds is 11. The number of para-hydroxylation sites is 1. The van der Waals surface area contributed by atoms with E-state index in [4.69, 9.17) is 13.9 Å². The number of ether oxygens (including phenoxy) is 2. The van der Waals surface area contributed by atoms with Crippen LogP contribution in [0, 0.1) is 0 Å². The van der Waals surface area contributed by atoms with Crippen molar-refractivity contribution in [3.63, 3.8) is 0 Å². The maximum Gasteiger partial charge on any atom is 0.250 e. The van der Waals surface area contributed by atoms with Crippen LogP contribution in [0.4, 0.5) is 0 Å². The lowest BCUT2D eigenvalue weighted by Gasteiger charge is -2.30. The van der Waals surface area contributed by atoms with Gasteiger partial charge in [0.1, 0.15) is 23.6 Å². The maximum atomic E-state index is 13.7. The van der Waals surface area contributed by atoms with Crippen LogP contribution >= 0.6 is 0 Å². The minimum atomic E-state index is -0.994. The zero-order valence-electron chi connectivity index (χ0n) is 19.6. The first-order chi connectivity index (χ1) is 17.1. The Balaban J connectivity index is 1.67. The summed E-state index contributed by atoms with van der Waals surface area (Å²) < 4.78 is 17.4. The van der Waals surface area contributed by atoms with Gasteiger partial charge in [0.15, 0.2) is 6.04 Å². The number of nitrogens with zero attached hydrogens (tertiary/aromatic N) is 4. The van der Waals surface area contributed by atoms with Gasteiger partial charge in [-0.15, -0.1) is 5.10 Å². The minimum Gasteiger partial charge on any atom is -0.497 e. The molecule has 2 aromatic heterocycles. The lowest BCUT2D eigenvalue weighted by atomic mass is 10.1. The number of hydrogen-bond acceptors (Lipinski definition) is 7. The number of aromatic nitrogens is 3. The minimum absolute atomic E-state index is 0.0980. The van der Waals surface area contributed by atoms with Crippen LogP contribution in [-0.4, -0.2) is 59.1 Å². The first-order valence-corrected chi connectivity index (χ1v) is 11.1. The summed E-state index contributed by atoms with van der Waals surface area (Å²) in [6.07, 6.45) is 1.48. The van der Waals surface area contributed by atoms with E-state index in [1.807, 2.05) is 48.5 Å². The lowest BCUT2D eigenvalue weighted by Crippen LogP contribution is -2.45. The third-order valence-electron chi connectivity index (χ3n) is 5.52. The Bertz CT molecular complexity index is 1250. The molecule has 0 bridgehead atoms. The summed E-state index contributed by atoms with van der Waals surface area (Å²) in [5, 5.41) is 11.1. The van der Waals surface area contributed by atoms with E-state index >= 15 is 0 Å². The summed E-state index contributed by atoms with van der Waals surface area (Å²) in [4.78, 5) is 28.5. The number of carbonyl (C=O) groups excluding carboxylic acids is 2. The summed E-state index contributed by atoms with van der Waals surface area (Å²) in [5.74, 6) is 0.355. The molecule has 1 N–H and O–H groups in total. The molecule has 0 aliphatic carbocycles. The number of fused-ring (bicyclic) bond motifs is 1. The van der Waals surface area contributed by atoms with Crippen molar-refractivity contribution >= 4 is 22.8 Å². The van der Waals surface area contributed by atoms with Crippen LogP contribution in [0.5, 0.6) is 5.75 Å². The Morgan fingerprint density at radius 3 is 2.60 bits per heavy atom. The molecule has 4 rings (SSSR count). The van der Waals surface area contributed by atoms with Gasteiger partial charge in [0, 0.05) is 20.2 Å². The number of hydrogen-bond donors (Lipinski definition) is 1. The fourth-order valence-electron chi connectivity index (χ4n) is 3.75. The second-order valence-electron chi connectivity index (χ2n) is 7.81. The van der Waals surface area contributed by atoms with E-state index < -0.39 is 6.04 Å². The molecule has 2 amide bonds. The number of benzene rings is 2. The van der Waals surface area contributed by atoms with E-state index in [0.717, 1.165) is 11.1 Å². The Kier molecular flexibility index (Phi) is 7.74. The molecule has 182 valence electrons. The normalized spacial score (nSPS) is 11.8. The first-order valence-electron chi connectivity index (χ1n) is 11.1. The zero-order valence-corrected chi connectivity index (χ0v) is 19.6. The summed E-state index contributed by atoms with van der Waals surface area (Å²) in [5.41, 5.74) is 2.23. The number of amides is 2. The number of carbonyl (C=O) groups is 2. The van der Waals surface area contributed by atoms with Crippen LogP contribution in [0.1, 0.15) is 17.4 Å². The average molecular weight is 478 g/mol. The monoisotopic (exact) mass is 477 g/mol. The van der Waals surface area contributed by atoms with Gasteiger partial charge in [0.05, 0.1) is 25.5 Å². The highest BCUT2D eigenvalue weighted by Gasteiger charge is 2.34. The highest BCUT2D eigenvalue weighted by molar-refractivity contribution is 5.88. The predicted molar refractivity (Wildman–Crippen MR) is 127 cm³/mol. The molecule has 10 nitrogen and oxygen atoms in total. The standard InChI is InChI=1S/C25H27N5O5/c1-33-15-13-26-25(32)24(22-8-5-14-35-22)29(16-18-9-11-19(34-2)12-10-18)23(31)17-30-21-7-4-3-6-20(21)27-28-30/h3-12,14,24H,13,15-17H2,1-2H3,(H,26,32)/t24-/m1/s1. The predicted octanol–water partition coefficient (Wildman–Crippen LogP) is 2.57. The van der Waals surface area contributed by atoms with Crippen molar-refractivity contribution in [2.24, 2.45) is 0 Å². The molecule has 2 aromatic carbocycles. The molecule has 35 heavy (non-hydrogen) atoms. The van der Waals surface area contributed by atoms with Crippen LogP contribution in [-0.2, 0) is 27.4 Å². The molecular weight excluding hydrogens is 450 g/mol. The number of methoxy groups -OCH3 is 2. The molecule has 0 aliphatic heterocycles. The van der Waals surface area contributed by atoms with E-state index in [-0.39, 0.29) is 24.9 Å². The summed E-state index contributed by atoms with van der Waals surface area (Å²) in [7, 11) is 3.14. The van der Waals surface area contributed by atoms with Crippen LogP contribution in [0.2, 0.25) is 0 Å². The van der Waals surface area contributed by atoms with Crippen molar-refractivity contribution in [2.75, 3.05) is 27.4 Å². The molecule has 0 saturated carbocycles. The van der Waals surface area contributed by atoms with E-state index in [2.05, 4.69) is 15.6 Å². The van der Waals surface area contributed by atoms with Crippen molar-refractivity contribution in [3.05, 3.63) is 78.3 Å². The number of nitrogens with one attached hydrogen (secondary N) is 1. The maximum absolute atomic E-state index is 13.7. The third kappa shape index (κ3) is 5.67. The van der Waals surface area contributed by atoms with Crippen LogP contribution in [0.15, 0.2) is 71.3 Å². The Labute approximate surface area is 202 Å². The van der Waals surface area contributed by atoms with Crippen molar-refractivity contribution in [2.45, 2.75) is 19.1 Å². The van der Waals surface area contributed by atoms with Gasteiger partial charge >= 0.3 is 0 Å². The van der Waals surface area contributed by atoms with Gasteiger partial charge in [-0.2, -0.15) is 0 Å². The Morgan fingerprint density at radius 2 is 1.89 bits per heavy atom. The van der Waals surface area contributed by atoms with Crippen molar-refractivity contribution in [1.29, 1.82) is 0 Å². The molecule has 0 spiro atoms. The second-order valence-corrected chi connectivity index (χ2v) is 7.81. The van der Waals surface area contributed by atoms with E-state index in [1.54, 1.807) is 26.4 Å². The Morgan fingerprint density at radius 1 is 1.09 bits per heavy atom. The molecule has 2 heterocycles. The largest absolute Gasteiger partial charge is 0.497 e. The van der Waals surface area contributed by atoms with Crippen LogP contribution < -0.4 is 10.1 Å². The van der Waals surface area contributed by atoms with Crippen molar-refractivity contribution < 1.29 is 23.5 Å². The summed E-state index contributed by atoms with van der Waals surface area (Å²) in [6, 6.07) is 17.1. The Hall–Kier alpha value is -4.18. The zero-order chi connectivity index (χ0) is 24.6. The summed E-state index contributed by atoms with van der Waals surface area (Å²) >= 11 is 0. The molecule has 4 aromatic rings. The first kappa shape index (κ1) is 24.0. The smallest absolute Gasteiger partial charge is 0.250 e. The van der Waals surface area contributed by atoms with Gasteiger partial charge in [-0.3, -0.25) is 9.59 Å². The quantitative estimate of drug-likeness (QED) is 0.331. The topological polar surface area (TPSA) is 112 Å². The fraction of sp³-hybridized carbons (Fsp3) is 0.280. The van der Waals surface area contributed by atoms with Gasteiger partial charge in [0.2, 0.25) is 5.91 Å². The molecule has 0 fully saturated rings. The SMILES string of the molecule is COCCNC(=O)[C@@H](c1ccco1)N(Cc1ccc(OC)cc1)C(=O)Cn1nnc2ccccc21. The molecule has 0 aliphatic rings. The van der Waals surface area contributed by atoms with Gasteiger partial charge in [-0.25, -0.2) is 4.68 Å². The molecule has 0 saturated heterocycles. The summed E-state index contributed by atoms with van der Waals surface area (Å²) in [6.45, 7) is 0.705. The molecule has 0 unspecified atom stereocenters. The molecule has 1 atom stereocenters. The van der Waals surface area contributed by atoms with Gasteiger partial charge < -0.3 is 24.1 Å². The second kappa shape index (κ2) is 11.3. The lowest BCUT2D eigenvalue weighted by molar-refractivity contribution is -0.143. The van der Waals surface area contributed by atoms with Crippen LogP contribution in [0.3, 0.4) is 0 Å². The third-order valence-corrected chi connectivity index (χ3v) is 5.52. The van der Waals surface area contributed by atoms with Crippen molar-refractivity contribution in [1.82, 2.24) is 25.2 Å². The molecule has 0 radical (unpaired) electrons. The van der Waals surface area contributed by atoms with E-state index in [9.17, 15) is 9.59 Å². The fourth-order valence-corrected chi connectivity index (χ4v) is 3.75. The number of furan rings is 1. The highest BCUT2D eigenvalue weighted by atomic mass is 16.5. The highest BCUT2D eigenvalue weighted by Crippen LogP contribution is 2.26. The van der Waals surface area contributed by atoms with E-state index in [0.29, 0.717) is 30.2 Å². The molecular formula is C25H27N5O5.